The van der Waals surface area contributed by atoms with Crippen LogP contribution in [-0.2, 0) is 5.41 Å². The first kappa shape index (κ1) is 18.5. The Morgan fingerprint density at radius 3 is 2.57 bits per heavy atom. The molecule has 28 heavy (non-hydrogen) atoms. The minimum absolute atomic E-state index is 0.0650. The van der Waals surface area contributed by atoms with Gasteiger partial charge < -0.3 is 4.90 Å². The minimum Gasteiger partial charge on any atom is -0.339 e. The van der Waals surface area contributed by atoms with Crippen LogP contribution in [0.4, 0.5) is 4.39 Å². The molecule has 146 valence electrons. The van der Waals surface area contributed by atoms with Crippen molar-refractivity contribution in [2.75, 3.05) is 13.1 Å². The van der Waals surface area contributed by atoms with Crippen LogP contribution in [0.3, 0.4) is 0 Å². The Kier molecular flexibility index (Phi) is 4.56. The Balaban J connectivity index is 1.51. The quantitative estimate of drug-likeness (QED) is 0.681. The highest BCUT2D eigenvalue weighted by Gasteiger charge is 2.28. The SMILES string of the molecule is CC(C)(C)c1ccc2nnc(C3CCN(C(=O)c4cncc(F)c4)CC3)n2n1. The molecule has 0 aromatic carbocycles. The third-order valence-electron chi connectivity index (χ3n) is 5.15. The minimum atomic E-state index is -0.503. The van der Waals surface area contributed by atoms with Crippen LogP contribution in [0.1, 0.15) is 61.4 Å². The number of amides is 1. The summed E-state index contributed by atoms with van der Waals surface area (Å²) in [5.41, 5.74) is 1.92. The lowest BCUT2D eigenvalue weighted by Crippen LogP contribution is -2.38. The maximum atomic E-state index is 13.3. The second kappa shape index (κ2) is 6.92. The molecule has 3 aromatic rings. The second-order valence-corrected chi connectivity index (χ2v) is 8.26. The number of likely N-dealkylation sites (tertiary alicyclic amines) is 1. The summed E-state index contributed by atoms with van der Waals surface area (Å²) in [5, 5.41) is 13.4. The summed E-state index contributed by atoms with van der Waals surface area (Å²) >= 11 is 0. The van der Waals surface area contributed by atoms with Crippen LogP contribution in [0.15, 0.2) is 30.6 Å². The summed E-state index contributed by atoms with van der Waals surface area (Å²) in [5.74, 6) is 0.314. The van der Waals surface area contributed by atoms with E-state index in [0.29, 0.717) is 13.1 Å². The van der Waals surface area contributed by atoms with Crippen molar-refractivity contribution < 1.29 is 9.18 Å². The van der Waals surface area contributed by atoms with E-state index >= 15 is 0 Å². The van der Waals surface area contributed by atoms with Crippen LogP contribution in [0.2, 0.25) is 0 Å². The van der Waals surface area contributed by atoms with Crippen LogP contribution in [0.25, 0.3) is 5.65 Å². The molecule has 4 rings (SSSR count). The van der Waals surface area contributed by atoms with Gasteiger partial charge in [-0.15, -0.1) is 10.2 Å². The Morgan fingerprint density at radius 1 is 1.14 bits per heavy atom. The number of carbonyl (C=O) groups excluding carboxylic acids is 1. The fraction of sp³-hybridized carbons (Fsp3) is 0.450. The molecule has 8 heteroatoms. The first-order valence-corrected chi connectivity index (χ1v) is 9.45. The van der Waals surface area contributed by atoms with Crippen LogP contribution < -0.4 is 0 Å². The molecular weight excluding hydrogens is 359 g/mol. The zero-order valence-corrected chi connectivity index (χ0v) is 16.3. The smallest absolute Gasteiger partial charge is 0.255 e. The van der Waals surface area contributed by atoms with E-state index < -0.39 is 5.82 Å². The number of pyridine rings is 1. The second-order valence-electron chi connectivity index (χ2n) is 8.26. The molecule has 7 nitrogen and oxygen atoms in total. The molecule has 0 radical (unpaired) electrons. The molecule has 0 saturated carbocycles. The van der Waals surface area contributed by atoms with Gasteiger partial charge in [0, 0.05) is 30.6 Å². The monoisotopic (exact) mass is 382 g/mol. The molecule has 1 aliphatic rings. The van der Waals surface area contributed by atoms with Crippen molar-refractivity contribution in [3.63, 3.8) is 0 Å². The molecule has 3 aromatic heterocycles. The standard InChI is InChI=1S/C20H23FN6O/c1-20(2,3)16-4-5-17-23-24-18(27(17)25-16)13-6-8-26(9-7-13)19(28)14-10-15(21)12-22-11-14/h4-5,10-13H,6-9H2,1-3H3. The van der Waals surface area contributed by atoms with Gasteiger partial charge in [0.1, 0.15) is 5.82 Å². The van der Waals surface area contributed by atoms with Crippen molar-refractivity contribution >= 4 is 11.6 Å². The van der Waals surface area contributed by atoms with Gasteiger partial charge in [-0.3, -0.25) is 9.78 Å². The summed E-state index contributed by atoms with van der Waals surface area (Å²) in [7, 11) is 0. The lowest BCUT2D eigenvalue weighted by Gasteiger charge is -2.31. The van der Waals surface area contributed by atoms with Crippen LogP contribution in [0, 0.1) is 5.82 Å². The average molecular weight is 382 g/mol. The molecule has 1 aliphatic heterocycles. The Morgan fingerprint density at radius 2 is 1.89 bits per heavy atom. The predicted octanol–water partition coefficient (Wildman–Crippen LogP) is 2.98. The highest BCUT2D eigenvalue weighted by Crippen LogP contribution is 2.28. The van der Waals surface area contributed by atoms with Gasteiger partial charge in [0.05, 0.1) is 17.5 Å². The molecule has 0 bridgehead atoms. The molecule has 0 atom stereocenters. The summed E-state index contributed by atoms with van der Waals surface area (Å²) in [6.45, 7) is 7.52. The van der Waals surface area contributed by atoms with Gasteiger partial charge >= 0.3 is 0 Å². The van der Waals surface area contributed by atoms with E-state index in [0.717, 1.165) is 36.2 Å². The summed E-state index contributed by atoms with van der Waals surface area (Å²) in [6, 6.07) is 5.16. The van der Waals surface area contributed by atoms with Crippen molar-refractivity contribution in [3.05, 3.63) is 53.5 Å². The van der Waals surface area contributed by atoms with Crippen molar-refractivity contribution in [1.82, 2.24) is 29.7 Å². The Hall–Kier alpha value is -2.90. The van der Waals surface area contributed by atoms with Crippen LogP contribution in [0.5, 0.6) is 0 Å². The van der Waals surface area contributed by atoms with E-state index in [1.165, 1.54) is 12.3 Å². The molecule has 1 fully saturated rings. The summed E-state index contributed by atoms with van der Waals surface area (Å²) in [4.78, 5) is 18.1. The topological polar surface area (TPSA) is 76.3 Å². The molecule has 1 amide bonds. The van der Waals surface area contributed by atoms with E-state index in [4.69, 9.17) is 5.10 Å². The molecule has 4 heterocycles. The fourth-order valence-corrected chi connectivity index (χ4v) is 3.51. The summed E-state index contributed by atoms with van der Waals surface area (Å²) in [6.07, 6.45) is 4.02. The van der Waals surface area contributed by atoms with Crippen molar-refractivity contribution in [1.29, 1.82) is 0 Å². The molecule has 0 aliphatic carbocycles. The van der Waals surface area contributed by atoms with Crippen molar-refractivity contribution in [3.8, 4) is 0 Å². The number of fused-ring (bicyclic) bond motifs is 1. The lowest BCUT2D eigenvalue weighted by atomic mass is 9.92. The van der Waals surface area contributed by atoms with Crippen LogP contribution in [-0.4, -0.2) is 48.7 Å². The van der Waals surface area contributed by atoms with Crippen molar-refractivity contribution in [2.24, 2.45) is 0 Å². The van der Waals surface area contributed by atoms with E-state index in [1.807, 2.05) is 16.6 Å². The molecular formula is C20H23FN6O. The average Bonchev–Trinajstić information content (AvgIpc) is 3.10. The zero-order valence-electron chi connectivity index (χ0n) is 16.3. The predicted molar refractivity (Wildman–Crippen MR) is 102 cm³/mol. The van der Waals surface area contributed by atoms with E-state index in [2.05, 4.69) is 36.0 Å². The van der Waals surface area contributed by atoms with Gasteiger partial charge in [0.2, 0.25) is 0 Å². The number of piperidine rings is 1. The molecule has 0 spiro atoms. The van der Waals surface area contributed by atoms with E-state index in [9.17, 15) is 9.18 Å². The lowest BCUT2D eigenvalue weighted by molar-refractivity contribution is 0.0709. The third-order valence-corrected chi connectivity index (χ3v) is 5.15. The maximum absolute atomic E-state index is 13.3. The molecule has 0 unspecified atom stereocenters. The van der Waals surface area contributed by atoms with E-state index in [1.54, 1.807) is 4.90 Å². The normalized spacial score (nSPS) is 15.9. The number of hydrogen-bond donors (Lipinski definition) is 0. The van der Waals surface area contributed by atoms with Gasteiger partial charge in [0.15, 0.2) is 11.5 Å². The van der Waals surface area contributed by atoms with Gasteiger partial charge in [0.25, 0.3) is 5.91 Å². The zero-order chi connectivity index (χ0) is 19.9. The first-order valence-electron chi connectivity index (χ1n) is 9.45. The Labute approximate surface area is 162 Å². The highest BCUT2D eigenvalue weighted by molar-refractivity contribution is 5.93. The third kappa shape index (κ3) is 3.46. The Bertz CT molecular complexity index is 1020. The summed E-state index contributed by atoms with van der Waals surface area (Å²) < 4.78 is 15.2. The van der Waals surface area contributed by atoms with Gasteiger partial charge in [-0.1, -0.05) is 20.8 Å². The maximum Gasteiger partial charge on any atom is 0.255 e. The van der Waals surface area contributed by atoms with Gasteiger partial charge in [-0.2, -0.15) is 9.61 Å². The van der Waals surface area contributed by atoms with Gasteiger partial charge in [-0.05, 0) is 31.0 Å². The van der Waals surface area contributed by atoms with E-state index in [-0.39, 0.29) is 22.8 Å². The number of carbonyl (C=O) groups is 1. The van der Waals surface area contributed by atoms with Gasteiger partial charge in [-0.25, -0.2) is 4.39 Å². The van der Waals surface area contributed by atoms with Crippen LogP contribution >= 0.6 is 0 Å². The number of halogens is 1. The fourth-order valence-electron chi connectivity index (χ4n) is 3.51. The number of rotatable bonds is 2. The molecule has 1 saturated heterocycles. The highest BCUT2D eigenvalue weighted by atomic mass is 19.1. The van der Waals surface area contributed by atoms with Crippen molar-refractivity contribution in [2.45, 2.75) is 44.9 Å². The molecule has 0 N–H and O–H groups in total. The first-order chi connectivity index (χ1) is 13.3. The largest absolute Gasteiger partial charge is 0.339 e. The number of aromatic nitrogens is 5. The number of hydrogen-bond acceptors (Lipinski definition) is 5. The number of nitrogens with zero attached hydrogens (tertiary/aromatic N) is 6.